The Morgan fingerprint density at radius 2 is 1.93 bits per heavy atom. The van der Waals surface area contributed by atoms with Gasteiger partial charge in [-0.15, -0.1) is 0 Å². The van der Waals surface area contributed by atoms with E-state index >= 15 is 0 Å². The van der Waals surface area contributed by atoms with Gasteiger partial charge in [-0.3, -0.25) is 10.1 Å². The van der Waals surface area contributed by atoms with E-state index in [1.165, 1.54) is 12.1 Å². The first-order valence-electron chi connectivity index (χ1n) is 9.44. The van der Waals surface area contributed by atoms with Gasteiger partial charge >= 0.3 is 0 Å². The number of rotatable bonds is 6. The molecule has 3 rings (SSSR count). The Bertz CT molecular complexity index is 985. The molecule has 148 valence electrons. The van der Waals surface area contributed by atoms with E-state index in [0.717, 1.165) is 43.5 Å². The maximum Gasteiger partial charge on any atom is 0.262 e. The number of nitrogens with zero attached hydrogens (tertiary/aromatic N) is 2. The van der Waals surface area contributed by atoms with Crippen LogP contribution >= 0.6 is 0 Å². The fourth-order valence-corrected chi connectivity index (χ4v) is 3.38. The summed E-state index contributed by atoms with van der Waals surface area (Å²) in [5.74, 6) is -0.770. The molecule has 1 saturated heterocycles. The highest BCUT2D eigenvalue weighted by atomic mass is 19.1. The van der Waals surface area contributed by atoms with E-state index < -0.39 is 5.91 Å². The van der Waals surface area contributed by atoms with Gasteiger partial charge < -0.3 is 15.6 Å². The van der Waals surface area contributed by atoms with Crippen LogP contribution in [0.2, 0.25) is 0 Å². The first kappa shape index (κ1) is 20.2. The Kier molecular flexibility index (Phi) is 6.37. The van der Waals surface area contributed by atoms with Gasteiger partial charge in [-0.2, -0.15) is 5.26 Å². The van der Waals surface area contributed by atoms with E-state index in [1.54, 1.807) is 36.5 Å². The fourth-order valence-electron chi connectivity index (χ4n) is 3.38. The molecule has 6 nitrogen and oxygen atoms in total. The number of hydrogen-bond donors (Lipinski definition) is 3. The normalized spacial score (nSPS) is 14.2. The topological polar surface area (TPSA) is 96.6 Å². The quantitative estimate of drug-likeness (QED) is 0.400. The van der Waals surface area contributed by atoms with Gasteiger partial charge in [-0.1, -0.05) is 0 Å². The standard InChI is InChI=1S/C22H22FN5O/c1-15(26-18-6-4-17(23)5-7-18)20(14-25)22(29)27-19-8-9-21(16(12-19)13-24)28-10-2-3-11-28/h4-9,12,14,25-26H,2-3,10-11H2,1H3,(H,27,29)/p+1. The smallest absolute Gasteiger partial charge is 0.262 e. The summed E-state index contributed by atoms with van der Waals surface area (Å²) < 4.78 is 13.1. The number of halogens is 1. The van der Waals surface area contributed by atoms with Crippen LogP contribution in [0.25, 0.3) is 0 Å². The highest BCUT2D eigenvalue weighted by Gasteiger charge is 2.18. The van der Waals surface area contributed by atoms with E-state index in [2.05, 4.69) is 16.3 Å². The Balaban J connectivity index is 1.77. The molecule has 29 heavy (non-hydrogen) atoms. The van der Waals surface area contributed by atoms with E-state index in [9.17, 15) is 14.4 Å². The third-order valence-electron chi connectivity index (χ3n) is 4.89. The van der Waals surface area contributed by atoms with Gasteiger partial charge in [-0.25, -0.2) is 4.39 Å². The van der Waals surface area contributed by atoms with Crippen molar-refractivity contribution in [3.05, 3.63) is 65.1 Å². The van der Waals surface area contributed by atoms with Crippen LogP contribution < -0.4 is 15.5 Å². The Labute approximate surface area is 169 Å². The Morgan fingerprint density at radius 3 is 2.55 bits per heavy atom. The van der Waals surface area contributed by atoms with Crippen LogP contribution in [0, 0.1) is 22.6 Å². The number of quaternary nitrogens is 1. The molecule has 0 unspecified atom stereocenters. The van der Waals surface area contributed by atoms with Crippen molar-refractivity contribution >= 4 is 29.2 Å². The number of anilines is 2. The second-order valence-corrected chi connectivity index (χ2v) is 6.93. The van der Waals surface area contributed by atoms with Crippen LogP contribution in [0.5, 0.6) is 0 Å². The lowest BCUT2D eigenvalue weighted by molar-refractivity contribution is -0.517. The number of carbonyl (C=O) groups is 1. The summed E-state index contributed by atoms with van der Waals surface area (Å²) in [5.41, 5.74) is 3.40. The molecule has 2 aromatic carbocycles. The molecule has 1 aliphatic heterocycles. The number of amides is 1. The molecule has 0 saturated carbocycles. The molecule has 0 spiro atoms. The Morgan fingerprint density at radius 1 is 1.24 bits per heavy atom. The van der Waals surface area contributed by atoms with Gasteiger partial charge in [0.15, 0.2) is 0 Å². The van der Waals surface area contributed by atoms with Crippen LogP contribution in [-0.2, 0) is 4.79 Å². The zero-order valence-corrected chi connectivity index (χ0v) is 16.2. The zero-order valence-electron chi connectivity index (χ0n) is 16.2. The minimum atomic E-state index is -0.436. The number of carbonyl (C=O) groups excluding carboxylic acids is 1. The maximum atomic E-state index is 13.1. The average Bonchev–Trinajstić information content (AvgIpc) is 3.24. The number of nitrogens with one attached hydrogen (secondary N) is 2. The third kappa shape index (κ3) is 4.86. The van der Waals surface area contributed by atoms with Crippen molar-refractivity contribution in [1.82, 2.24) is 0 Å². The van der Waals surface area contributed by atoms with E-state index in [0.29, 0.717) is 16.9 Å². The highest BCUT2D eigenvalue weighted by Crippen LogP contribution is 2.27. The highest BCUT2D eigenvalue weighted by molar-refractivity contribution is 6.17. The summed E-state index contributed by atoms with van der Waals surface area (Å²) in [5, 5.41) is 21.6. The molecule has 0 radical (unpaired) electrons. The summed E-state index contributed by atoms with van der Waals surface area (Å²) in [6, 6.07) is 13.4. The van der Waals surface area contributed by atoms with Crippen molar-refractivity contribution in [1.29, 1.82) is 10.7 Å². The molecule has 1 heterocycles. The number of allylic oxidation sites excluding steroid dienone is 1. The Hall–Kier alpha value is -3.50. The van der Waals surface area contributed by atoms with E-state index in [1.807, 2.05) is 6.07 Å². The molecule has 1 fully saturated rings. The van der Waals surface area contributed by atoms with E-state index in [-0.39, 0.29) is 11.4 Å². The van der Waals surface area contributed by atoms with Crippen molar-refractivity contribution in [3.63, 3.8) is 0 Å². The fraction of sp³-hybridized carbons (Fsp3) is 0.227. The van der Waals surface area contributed by atoms with Crippen LogP contribution in [-0.4, -0.2) is 25.2 Å². The predicted octanol–water partition coefficient (Wildman–Crippen LogP) is 3.05. The molecule has 1 amide bonds. The molecule has 2 aromatic rings. The molecular formula is C22H23FN5O+. The van der Waals surface area contributed by atoms with Gasteiger partial charge in [0, 0.05) is 44.0 Å². The lowest BCUT2D eigenvalue weighted by atomic mass is 10.1. The van der Waals surface area contributed by atoms with Crippen molar-refractivity contribution in [3.8, 4) is 6.07 Å². The number of hydrogen-bond acceptors (Lipinski definition) is 4. The van der Waals surface area contributed by atoms with Crippen LogP contribution in [0.4, 0.5) is 21.5 Å². The van der Waals surface area contributed by atoms with Crippen molar-refractivity contribution < 1.29 is 14.5 Å². The van der Waals surface area contributed by atoms with Gasteiger partial charge in [0.25, 0.3) is 5.91 Å². The summed E-state index contributed by atoms with van der Waals surface area (Å²) in [7, 11) is 0. The largest absolute Gasteiger partial charge is 0.370 e. The number of benzene rings is 2. The summed E-state index contributed by atoms with van der Waals surface area (Å²) in [6.45, 7) is 3.58. The van der Waals surface area contributed by atoms with Gasteiger partial charge in [0.2, 0.25) is 0 Å². The summed E-state index contributed by atoms with van der Waals surface area (Å²) in [4.78, 5) is 14.9. The van der Waals surface area contributed by atoms with Gasteiger partial charge in [0.1, 0.15) is 28.8 Å². The minimum Gasteiger partial charge on any atom is -0.370 e. The monoisotopic (exact) mass is 392 g/mol. The second-order valence-electron chi connectivity index (χ2n) is 6.93. The van der Waals surface area contributed by atoms with Crippen LogP contribution in [0.3, 0.4) is 0 Å². The predicted molar refractivity (Wildman–Crippen MR) is 111 cm³/mol. The molecule has 0 aromatic heterocycles. The van der Waals surface area contributed by atoms with Crippen molar-refractivity contribution in [2.45, 2.75) is 19.8 Å². The molecule has 1 aliphatic rings. The summed E-state index contributed by atoms with van der Waals surface area (Å²) in [6.07, 6.45) is 3.22. The van der Waals surface area contributed by atoms with E-state index in [4.69, 9.17) is 5.41 Å². The number of nitriles is 1. The third-order valence-corrected chi connectivity index (χ3v) is 4.89. The number of nitrogens with two attached hydrogens (primary N) is 1. The molecule has 7 heteroatoms. The molecule has 0 atom stereocenters. The van der Waals surface area contributed by atoms with Crippen LogP contribution in [0.1, 0.15) is 25.3 Å². The first-order valence-corrected chi connectivity index (χ1v) is 9.44. The lowest BCUT2D eigenvalue weighted by Crippen LogP contribution is -2.75. The lowest BCUT2D eigenvalue weighted by Gasteiger charge is -2.19. The maximum absolute atomic E-state index is 13.1. The van der Waals surface area contributed by atoms with Gasteiger partial charge in [0.05, 0.1) is 11.3 Å². The van der Waals surface area contributed by atoms with Gasteiger partial charge in [-0.05, 0) is 43.2 Å². The van der Waals surface area contributed by atoms with Crippen LogP contribution in [0.15, 0.2) is 53.7 Å². The average molecular weight is 392 g/mol. The van der Waals surface area contributed by atoms with Crippen molar-refractivity contribution in [2.24, 2.45) is 0 Å². The zero-order chi connectivity index (χ0) is 20.8. The van der Waals surface area contributed by atoms with Crippen molar-refractivity contribution in [2.75, 3.05) is 23.3 Å². The minimum absolute atomic E-state index is 0.191. The molecular weight excluding hydrogens is 369 g/mol. The molecule has 0 aliphatic carbocycles. The second kappa shape index (κ2) is 9.13. The summed E-state index contributed by atoms with van der Waals surface area (Å²) >= 11 is 0. The first-order chi connectivity index (χ1) is 14.0. The molecule has 0 bridgehead atoms. The molecule has 4 N–H and O–H groups in total. The SMILES string of the molecule is CC([NH2+]c1ccc(F)cc1)=C(C=N)C(=O)Nc1ccc(N2CCCC2)c(C#N)c1.